The van der Waals surface area contributed by atoms with E-state index in [-0.39, 0.29) is 5.69 Å². The van der Waals surface area contributed by atoms with Crippen molar-refractivity contribution in [3.8, 4) is 11.6 Å². The fourth-order valence-electron chi connectivity index (χ4n) is 1.55. The normalized spacial score (nSPS) is 10.1. The molecule has 0 fully saturated rings. The minimum atomic E-state index is -0.470. The second-order valence-electron chi connectivity index (χ2n) is 3.87. The molecule has 0 unspecified atom stereocenters. The van der Waals surface area contributed by atoms with E-state index in [1.165, 1.54) is 12.1 Å². The molecule has 1 N–H and O–H groups in total. The van der Waals surface area contributed by atoms with Crippen LogP contribution in [0.5, 0.6) is 11.6 Å². The van der Waals surface area contributed by atoms with Crippen LogP contribution in [-0.2, 0) is 0 Å². The highest BCUT2D eigenvalue weighted by Gasteiger charge is 2.11. The molecule has 0 aliphatic rings. The molecule has 0 saturated heterocycles. The van der Waals surface area contributed by atoms with E-state index >= 15 is 0 Å². The molecule has 0 aliphatic carbocycles. The van der Waals surface area contributed by atoms with Gasteiger partial charge in [0.15, 0.2) is 5.75 Å². The molecule has 20 heavy (non-hydrogen) atoms. The molecule has 2 aromatic rings. The molecule has 1 aromatic heterocycles. The van der Waals surface area contributed by atoms with Crippen LogP contribution in [0.25, 0.3) is 0 Å². The van der Waals surface area contributed by atoms with Gasteiger partial charge in [0.05, 0.1) is 15.5 Å². The van der Waals surface area contributed by atoms with Crippen LogP contribution < -0.4 is 10.1 Å². The molecule has 7 heteroatoms. The number of anilines is 1. The lowest BCUT2D eigenvalue weighted by Gasteiger charge is -2.08. The third-order valence-electron chi connectivity index (χ3n) is 2.42. The number of nitrogens with zero attached hydrogens (tertiary/aromatic N) is 2. The van der Waals surface area contributed by atoms with Gasteiger partial charge in [-0.15, -0.1) is 0 Å². The van der Waals surface area contributed by atoms with Crippen LogP contribution >= 0.6 is 15.9 Å². The van der Waals surface area contributed by atoms with Crippen LogP contribution in [0, 0.1) is 10.1 Å². The number of rotatable bonds is 5. The predicted molar refractivity (Wildman–Crippen MR) is 79.3 cm³/mol. The van der Waals surface area contributed by atoms with Gasteiger partial charge in [0, 0.05) is 18.7 Å². The number of non-ortho nitro benzene ring substituents is 1. The van der Waals surface area contributed by atoms with E-state index in [2.05, 4.69) is 26.2 Å². The molecule has 0 aliphatic heterocycles. The van der Waals surface area contributed by atoms with Gasteiger partial charge in [-0.1, -0.05) is 6.07 Å². The SMILES string of the molecule is CCNc1cccc(Oc2cc([N+](=O)[O-])ccc2Br)n1. The number of hydrogen-bond donors (Lipinski definition) is 1. The van der Waals surface area contributed by atoms with Crippen molar-refractivity contribution < 1.29 is 9.66 Å². The third-order valence-corrected chi connectivity index (χ3v) is 3.08. The first-order valence-corrected chi connectivity index (χ1v) is 6.72. The summed E-state index contributed by atoms with van der Waals surface area (Å²) >= 11 is 3.30. The Labute approximate surface area is 124 Å². The van der Waals surface area contributed by atoms with Gasteiger partial charge in [0.2, 0.25) is 5.88 Å². The number of nitrogens with one attached hydrogen (secondary N) is 1. The first-order chi connectivity index (χ1) is 9.60. The fourth-order valence-corrected chi connectivity index (χ4v) is 1.88. The molecule has 0 saturated carbocycles. The highest BCUT2D eigenvalue weighted by Crippen LogP contribution is 2.32. The van der Waals surface area contributed by atoms with E-state index in [1.54, 1.807) is 18.2 Å². The second kappa shape index (κ2) is 6.33. The van der Waals surface area contributed by atoms with Gasteiger partial charge < -0.3 is 10.1 Å². The summed E-state index contributed by atoms with van der Waals surface area (Å²) in [6.07, 6.45) is 0. The number of nitro benzene ring substituents is 1. The lowest BCUT2D eigenvalue weighted by Crippen LogP contribution is -1.99. The van der Waals surface area contributed by atoms with Gasteiger partial charge in [0.25, 0.3) is 5.69 Å². The zero-order chi connectivity index (χ0) is 14.5. The van der Waals surface area contributed by atoms with Gasteiger partial charge in [-0.25, -0.2) is 0 Å². The third kappa shape index (κ3) is 3.45. The molecule has 0 spiro atoms. The van der Waals surface area contributed by atoms with Crippen LogP contribution in [0.1, 0.15) is 6.92 Å². The maximum atomic E-state index is 10.8. The Morgan fingerprint density at radius 2 is 2.20 bits per heavy atom. The lowest BCUT2D eigenvalue weighted by atomic mass is 10.3. The average Bonchev–Trinajstić information content (AvgIpc) is 2.42. The molecule has 2 rings (SSSR count). The summed E-state index contributed by atoms with van der Waals surface area (Å²) in [6.45, 7) is 2.71. The standard InChI is InChI=1S/C13H12BrN3O3/c1-2-15-12-4-3-5-13(16-12)20-11-8-9(17(18)19)6-7-10(11)14/h3-8H,2H2,1H3,(H,15,16). The molecule has 0 bridgehead atoms. The predicted octanol–water partition coefficient (Wildman–Crippen LogP) is 3.98. The number of nitro groups is 1. The quantitative estimate of drug-likeness (QED) is 0.659. The molecule has 104 valence electrons. The van der Waals surface area contributed by atoms with Crippen molar-refractivity contribution in [1.29, 1.82) is 0 Å². The van der Waals surface area contributed by atoms with Crippen molar-refractivity contribution in [2.24, 2.45) is 0 Å². The van der Waals surface area contributed by atoms with E-state index in [1.807, 2.05) is 13.0 Å². The summed E-state index contributed by atoms with van der Waals surface area (Å²) in [5.41, 5.74) is -0.0361. The van der Waals surface area contributed by atoms with Crippen molar-refractivity contribution in [2.45, 2.75) is 6.92 Å². The van der Waals surface area contributed by atoms with E-state index < -0.39 is 4.92 Å². The Morgan fingerprint density at radius 1 is 1.40 bits per heavy atom. The van der Waals surface area contributed by atoms with Crippen molar-refractivity contribution >= 4 is 27.4 Å². The molecular weight excluding hydrogens is 326 g/mol. The summed E-state index contributed by atoms with van der Waals surface area (Å²) < 4.78 is 6.21. The van der Waals surface area contributed by atoms with E-state index in [0.717, 1.165) is 6.54 Å². The summed E-state index contributed by atoms with van der Waals surface area (Å²) in [7, 11) is 0. The summed E-state index contributed by atoms with van der Waals surface area (Å²) in [6, 6.07) is 9.63. The highest BCUT2D eigenvalue weighted by molar-refractivity contribution is 9.10. The molecule has 0 atom stereocenters. The monoisotopic (exact) mass is 337 g/mol. The van der Waals surface area contributed by atoms with Crippen LogP contribution in [0.4, 0.5) is 11.5 Å². The smallest absolute Gasteiger partial charge is 0.273 e. The number of aromatic nitrogens is 1. The number of pyridine rings is 1. The van der Waals surface area contributed by atoms with Gasteiger partial charge >= 0.3 is 0 Å². The molecule has 1 aromatic carbocycles. The molecule has 0 amide bonds. The van der Waals surface area contributed by atoms with Gasteiger partial charge in [0.1, 0.15) is 5.82 Å². The fraction of sp³-hybridized carbons (Fsp3) is 0.154. The molecule has 0 radical (unpaired) electrons. The maximum absolute atomic E-state index is 10.8. The first-order valence-electron chi connectivity index (χ1n) is 5.93. The van der Waals surface area contributed by atoms with Crippen molar-refractivity contribution in [2.75, 3.05) is 11.9 Å². The van der Waals surface area contributed by atoms with Crippen LogP contribution in [-0.4, -0.2) is 16.5 Å². The van der Waals surface area contributed by atoms with Gasteiger partial charge in [-0.2, -0.15) is 4.98 Å². The van der Waals surface area contributed by atoms with Gasteiger partial charge in [-0.05, 0) is 35.0 Å². The van der Waals surface area contributed by atoms with Crippen LogP contribution in [0.3, 0.4) is 0 Å². The zero-order valence-corrected chi connectivity index (χ0v) is 12.3. The zero-order valence-electron chi connectivity index (χ0n) is 10.7. The Hall–Kier alpha value is -2.15. The molecular formula is C13H12BrN3O3. The number of ether oxygens (including phenoxy) is 1. The lowest BCUT2D eigenvalue weighted by molar-refractivity contribution is -0.384. The second-order valence-corrected chi connectivity index (χ2v) is 4.72. The summed E-state index contributed by atoms with van der Waals surface area (Å²) in [5.74, 6) is 1.40. The minimum Gasteiger partial charge on any atom is -0.438 e. The average molecular weight is 338 g/mol. The number of benzene rings is 1. The van der Waals surface area contributed by atoms with Crippen molar-refractivity contribution in [1.82, 2.24) is 4.98 Å². The van der Waals surface area contributed by atoms with Crippen molar-refractivity contribution in [3.05, 3.63) is 51.0 Å². The molecule has 6 nitrogen and oxygen atoms in total. The van der Waals surface area contributed by atoms with E-state index in [9.17, 15) is 10.1 Å². The van der Waals surface area contributed by atoms with Crippen LogP contribution in [0.15, 0.2) is 40.9 Å². The van der Waals surface area contributed by atoms with Crippen LogP contribution in [0.2, 0.25) is 0 Å². The number of hydrogen-bond acceptors (Lipinski definition) is 5. The van der Waals surface area contributed by atoms with E-state index in [0.29, 0.717) is 21.9 Å². The molecule has 1 heterocycles. The Morgan fingerprint density at radius 3 is 2.90 bits per heavy atom. The first kappa shape index (κ1) is 14.3. The Bertz CT molecular complexity index is 634. The highest BCUT2D eigenvalue weighted by atomic mass is 79.9. The van der Waals surface area contributed by atoms with E-state index in [4.69, 9.17) is 4.74 Å². The Balaban J connectivity index is 2.27. The summed E-state index contributed by atoms with van der Waals surface area (Å²) in [5, 5.41) is 13.8. The van der Waals surface area contributed by atoms with Gasteiger partial charge in [-0.3, -0.25) is 10.1 Å². The summed E-state index contributed by atoms with van der Waals surface area (Å²) in [4.78, 5) is 14.5. The topological polar surface area (TPSA) is 77.3 Å². The van der Waals surface area contributed by atoms with Crippen molar-refractivity contribution in [3.63, 3.8) is 0 Å². The Kier molecular flexibility index (Phi) is 4.52. The largest absolute Gasteiger partial charge is 0.438 e. The minimum absolute atomic E-state index is 0.0361. The maximum Gasteiger partial charge on any atom is 0.273 e. The number of halogens is 1.